The average Bonchev–Trinajstić information content (AvgIpc) is 2.60. The van der Waals surface area contributed by atoms with Crippen LogP contribution in [0, 0.1) is 0 Å². The van der Waals surface area contributed by atoms with E-state index in [2.05, 4.69) is 21.6 Å². The van der Waals surface area contributed by atoms with E-state index < -0.39 is 10.0 Å². The molecule has 8 heteroatoms. The van der Waals surface area contributed by atoms with Gasteiger partial charge in [-0.25, -0.2) is 18.5 Å². The number of nitrogens with zero attached hydrogens (tertiary/aromatic N) is 2. The molecule has 92 valence electrons. The monoisotopic (exact) mass is 264 g/mol. The van der Waals surface area contributed by atoms with Gasteiger partial charge in [0, 0.05) is 24.5 Å². The number of sulfonamides is 1. The molecule has 16 heavy (non-hydrogen) atoms. The SMILES string of the molecule is CCCc1nsc(NCCCS(N)(=O)=O)n1. The molecular formula is C8H16N4O2S2. The van der Waals surface area contributed by atoms with Gasteiger partial charge in [0.05, 0.1) is 5.75 Å². The molecule has 0 saturated carbocycles. The molecule has 1 aromatic rings. The molecule has 0 radical (unpaired) electrons. The quantitative estimate of drug-likeness (QED) is 0.702. The molecule has 1 rings (SSSR count). The number of anilines is 1. The highest BCUT2D eigenvalue weighted by Gasteiger charge is 2.04. The van der Waals surface area contributed by atoms with Crippen LogP contribution in [0.3, 0.4) is 0 Å². The molecule has 0 aliphatic carbocycles. The van der Waals surface area contributed by atoms with Crippen molar-refractivity contribution in [2.75, 3.05) is 17.6 Å². The highest BCUT2D eigenvalue weighted by molar-refractivity contribution is 7.89. The van der Waals surface area contributed by atoms with E-state index in [1.165, 1.54) is 11.5 Å². The van der Waals surface area contributed by atoms with E-state index >= 15 is 0 Å². The van der Waals surface area contributed by atoms with Crippen molar-refractivity contribution in [1.29, 1.82) is 0 Å². The van der Waals surface area contributed by atoms with Crippen molar-refractivity contribution in [2.45, 2.75) is 26.2 Å². The summed E-state index contributed by atoms with van der Waals surface area (Å²) in [7, 11) is -3.35. The summed E-state index contributed by atoms with van der Waals surface area (Å²) < 4.78 is 25.5. The van der Waals surface area contributed by atoms with E-state index in [1.807, 2.05) is 0 Å². The lowest BCUT2D eigenvalue weighted by Crippen LogP contribution is -2.18. The van der Waals surface area contributed by atoms with Crippen molar-refractivity contribution < 1.29 is 8.42 Å². The van der Waals surface area contributed by atoms with Gasteiger partial charge in [0.1, 0.15) is 5.82 Å². The van der Waals surface area contributed by atoms with Crippen molar-refractivity contribution in [3.63, 3.8) is 0 Å². The van der Waals surface area contributed by atoms with Crippen LogP contribution in [0.5, 0.6) is 0 Å². The highest BCUT2D eigenvalue weighted by Crippen LogP contribution is 2.11. The van der Waals surface area contributed by atoms with E-state index in [0.29, 0.717) is 13.0 Å². The Morgan fingerprint density at radius 1 is 1.50 bits per heavy atom. The zero-order chi connectivity index (χ0) is 12.0. The number of aromatic nitrogens is 2. The predicted molar refractivity (Wildman–Crippen MR) is 65.0 cm³/mol. The minimum atomic E-state index is -3.35. The van der Waals surface area contributed by atoms with Gasteiger partial charge >= 0.3 is 0 Å². The third kappa shape index (κ3) is 5.38. The number of hydrogen-bond donors (Lipinski definition) is 2. The van der Waals surface area contributed by atoms with Gasteiger partial charge in [-0.2, -0.15) is 4.37 Å². The molecule has 0 bridgehead atoms. The van der Waals surface area contributed by atoms with Gasteiger partial charge in [-0.3, -0.25) is 0 Å². The molecule has 0 amide bonds. The van der Waals surface area contributed by atoms with Crippen LogP contribution in [-0.2, 0) is 16.4 Å². The van der Waals surface area contributed by atoms with Gasteiger partial charge in [-0.1, -0.05) is 6.92 Å². The van der Waals surface area contributed by atoms with E-state index in [0.717, 1.165) is 23.8 Å². The summed E-state index contributed by atoms with van der Waals surface area (Å²) in [6.45, 7) is 2.61. The van der Waals surface area contributed by atoms with Crippen molar-refractivity contribution >= 4 is 26.7 Å². The number of nitrogens with two attached hydrogens (primary N) is 1. The smallest absolute Gasteiger partial charge is 0.209 e. The van der Waals surface area contributed by atoms with Gasteiger partial charge < -0.3 is 5.32 Å². The fourth-order valence-electron chi connectivity index (χ4n) is 1.12. The number of aryl methyl sites for hydroxylation is 1. The summed E-state index contributed by atoms with van der Waals surface area (Å²) in [4.78, 5) is 4.25. The van der Waals surface area contributed by atoms with Gasteiger partial charge in [0.25, 0.3) is 0 Å². The lowest BCUT2D eigenvalue weighted by Gasteiger charge is -2.00. The summed E-state index contributed by atoms with van der Waals surface area (Å²) in [6.07, 6.45) is 2.36. The topological polar surface area (TPSA) is 98.0 Å². The summed E-state index contributed by atoms with van der Waals surface area (Å²) in [6, 6.07) is 0. The summed E-state index contributed by atoms with van der Waals surface area (Å²) in [5.41, 5.74) is 0. The third-order valence-electron chi connectivity index (χ3n) is 1.82. The second kappa shape index (κ2) is 6.12. The zero-order valence-electron chi connectivity index (χ0n) is 9.14. The first kappa shape index (κ1) is 13.3. The Balaban J connectivity index is 2.26. The molecule has 0 aromatic carbocycles. The third-order valence-corrected chi connectivity index (χ3v) is 3.39. The van der Waals surface area contributed by atoms with Crippen LogP contribution in [0.25, 0.3) is 0 Å². The molecule has 3 N–H and O–H groups in total. The van der Waals surface area contributed by atoms with E-state index in [1.54, 1.807) is 0 Å². The highest BCUT2D eigenvalue weighted by atomic mass is 32.2. The van der Waals surface area contributed by atoms with Gasteiger partial charge in [0.2, 0.25) is 15.2 Å². The second-order valence-corrected chi connectivity index (χ2v) is 5.90. The summed E-state index contributed by atoms with van der Waals surface area (Å²) in [5.74, 6) is 0.821. The Hall–Kier alpha value is -0.730. The average molecular weight is 264 g/mol. The van der Waals surface area contributed by atoms with Crippen LogP contribution in [0.15, 0.2) is 0 Å². The van der Waals surface area contributed by atoms with Crippen molar-refractivity contribution in [1.82, 2.24) is 9.36 Å². The van der Waals surface area contributed by atoms with Gasteiger partial charge in [-0.05, 0) is 12.8 Å². The Morgan fingerprint density at radius 2 is 2.25 bits per heavy atom. The molecule has 0 spiro atoms. The molecule has 0 fully saturated rings. The van der Waals surface area contributed by atoms with E-state index in [4.69, 9.17) is 5.14 Å². The zero-order valence-corrected chi connectivity index (χ0v) is 10.8. The number of primary sulfonamides is 1. The molecule has 0 unspecified atom stereocenters. The minimum absolute atomic E-state index is 0.0133. The minimum Gasteiger partial charge on any atom is -0.360 e. The van der Waals surface area contributed by atoms with Gasteiger partial charge in [0.15, 0.2) is 0 Å². The van der Waals surface area contributed by atoms with Crippen LogP contribution >= 0.6 is 11.5 Å². The molecule has 0 atom stereocenters. The van der Waals surface area contributed by atoms with E-state index in [9.17, 15) is 8.42 Å². The Morgan fingerprint density at radius 3 is 2.88 bits per heavy atom. The maximum absolute atomic E-state index is 10.7. The lowest BCUT2D eigenvalue weighted by atomic mass is 10.3. The maximum Gasteiger partial charge on any atom is 0.209 e. The lowest BCUT2D eigenvalue weighted by molar-refractivity contribution is 0.596. The Kier molecular flexibility index (Phi) is 5.10. The molecule has 0 aliphatic heterocycles. The molecule has 1 heterocycles. The predicted octanol–water partition coefficient (Wildman–Crippen LogP) is 0.581. The summed E-state index contributed by atoms with van der Waals surface area (Å²) in [5, 5.41) is 8.63. The van der Waals surface area contributed by atoms with Crippen molar-refractivity contribution in [3.8, 4) is 0 Å². The number of nitrogens with one attached hydrogen (secondary N) is 1. The molecule has 0 saturated heterocycles. The summed E-state index contributed by atoms with van der Waals surface area (Å²) >= 11 is 1.29. The first-order chi connectivity index (χ1) is 7.51. The largest absolute Gasteiger partial charge is 0.360 e. The van der Waals surface area contributed by atoms with Gasteiger partial charge in [-0.15, -0.1) is 0 Å². The van der Waals surface area contributed by atoms with Crippen LogP contribution in [-0.4, -0.2) is 30.1 Å². The second-order valence-electron chi connectivity index (χ2n) is 3.41. The van der Waals surface area contributed by atoms with Crippen LogP contribution in [0.1, 0.15) is 25.6 Å². The van der Waals surface area contributed by atoms with Crippen molar-refractivity contribution in [2.24, 2.45) is 5.14 Å². The number of hydrogen-bond acceptors (Lipinski definition) is 6. The Labute approximate surface area is 99.5 Å². The Bertz CT molecular complexity index is 415. The molecule has 0 aliphatic rings. The van der Waals surface area contributed by atoms with Crippen LogP contribution < -0.4 is 10.5 Å². The van der Waals surface area contributed by atoms with Crippen LogP contribution in [0.2, 0.25) is 0 Å². The molecular weight excluding hydrogens is 248 g/mol. The van der Waals surface area contributed by atoms with Crippen LogP contribution in [0.4, 0.5) is 5.13 Å². The first-order valence-electron chi connectivity index (χ1n) is 5.08. The number of rotatable bonds is 7. The fraction of sp³-hybridized carbons (Fsp3) is 0.750. The maximum atomic E-state index is 10.7. The van der Waals surface area contributed by atoms with Crippen molar-refractivity contribution in [3.05, 3.63) is 5.82 Å². The molecule has 1 aromatic heterocycles. The first-order valence-corrected chi connectivity index (χ1v) is 7.57. The standard InChI is InChI=1S/C8H16N4O2S2/c1-2-4-7-11-8(15-12-7)10-5-3-6-16(9,13)14/h2-6H2,1H3,(H2,9,13,14)(H,10,11,12). The fourth-order valence-corrected chi connectivity index (χ4v) is 2.30. The molecule has 6 nitrogen and oxygen atoms in total. The van der Waals surface area contributed by atoms with E-state index in [-0.39, 0.29) is 5.75 Å². The normalized spacial score (nSPS) is 11.6.